The maximum Gasteiger partial charge on any atom is 0.0475 e. The summed E-state index contributed by atoms with van der Waals surface area (Å²) < 4.78 is 2.04. The third-order valence-electron chi connectivity index (χ3n) is 0.619. The molecule has 0 saturated carbocycles. The van der Waals surface area contributed by atoms with Gasteiger partial charge in [-0.15, -0.1) is 0 Å². The number of hydrogen-bond acceptors (Lipinski definition) is 1. The molecule has 0 radical (unpaired) electrons. The fraction of sp³-hybridized carbons (Fsp3) is 1.00. The van der Waals surface area contributed by atoms with E-state index >= 15 is 0 Å². The molecule has 0 rings (SSSR count). The third-order valence-corrected chi connectivity index (χ3v) is 2.09. The molecular formula is C3H9ClNP. The van der Waals surface area contributed by atoms with Crippen LogP contribution in [-0.2, 0) is 0 Å². The highest BCUT2D eigenvalue weighted by Crippen LogP contribution is 2.18. The molecule has 0 amide bonds. The van der Waals surface area contributed by atoms with E-state index in [1.165, 1.54) is 0 Å². The fourth-order valence-corrected chi connectivity index (χ4v) is 0.538. The van der Waals surface area contributed by atoms with Gasteiger partial charge in [-0.2, -0.15) is 0 Å². The molecule has 0 heterocycles. The van der Waals surface area contributed by atoms with Crippen molar-refractivity contribution in [3.05, 3.63) is 0 Å². The van der Waals surface area contributed by atoms with Crippen LogP contribution >= 0.6 is 19.3 Å². The molecule has 3 heteroatoms. The van der Waals surface area contributed by atoms with Crippen molar-refractivity contribution in [3.63, 3.8) is 0 Å². The van der Waals surface area contributed by atoms with E-state index in [-0.39, 0.29) is 0 Å². The highest BCUT2D eigenvalue weighted by molar-refractivity contribution is 7.66. The van der Waals surface area contributed by atoms with E-state index in [9.17, 15) is 0 Å². The summed E-state index contributed by atoms with van der Waals surface area (Å²) in [6.45, 7) is 3.12. The maximum atomic E-state index is 5.41. The van der Waals surface area contributed by atoms with Crippen LogP contribution in [0, 0.1) is 0 Å². The van der Waals surface area contributed by atoms with Gasteiger partial charge in [-0.3, -0.25) is 4.67 Å². The van der Waals surface area contributed by atoms with Crippen LogP contribution in [0.2, 0.25) is 0 Å². The predicted molar refractivity (Wildman–Crippen MR) is 32.5 cm³/mol. The molecule has 0 aromatic heterocycles. The summed E-state index contributed by atoms with van der Waals surface area (Å²) >= 11 is 5.41. The van der Waals surface area contributed by atoms with Crippen molar-refractivity contribution in [1.29, 1.82) is 0 Å². The van der Waals surface area contributed by atoms with E-state index < -0.39 is 0 Å². The molecule has 0 aliphatic heterocycles. The van der Waals surface area contributed by atoms with Crippen molar-refractivity contribution in [2.75, 3.05) is 13.6 Å². The smallest absolute Gasteiger partial charge is 0.0475 e. The van der Waals surface area contributed by atoms with Gasteiger partial charge in [0.15, 0.2) is 0 Å². The summed E-state index contributed by atoms with van der Waals surface area (Å²) in [5.74, 6) is 0. The summed E-state index contributed by atoms with van der Waals surface area (Å²) in [7, 11) is 2.43. The molecule has 0 aromatic carbocycles. The Morgan fingerprint density at radius 3 is 2.33 bits per heavy atom. The van der Waals surface area contributed by atoms with Gasteiger partial charge in [-0.05, 0) is 13.6 Å². The lowest BCUT2D eigenvalue weighted by molar-refractivity contribution is 0.599. The quantitative estimate of drug-likeness (QED) is 0.508. The molecule has 1 atom stereocenters. The number of rotatable bonds is 2. The second-order valence-corrected chi connectivity index (χ2v) is 2.54. The largest absolute Gasteiger partial charge is 0.275 e. The lowest BCUT2D eigenvalue weighted by atomic mass is 10.8. The molecule has 0 fully saturated rings. The minimum atomic E-state index is 0.437. The molecule has 0 bridgehead atoms. The zero-order valence-corrected chi connectivity index (χ0v) is 5.79. The first-order chi connectivity index (χ1) is 2.81. The lowest BCUT2D eigenvalue weighted by Gasteiger charge is -2.04. The molecule has 0 aliphatic carbocycles. The molecule has 0 spiro atoms. The highest BCUT2D eigenvalue weighted by atomic mass is 35.7. The fourth-order valence-electron chi connectivity index (χ4n) is 0.0598. The van der Waals surface area contributed by atoms with Gasteiger partial charge in [0.05, 0.1) is 0 Å². The Morgan fingerprint density at radius 2 is 2.33 bits per heavy atom. The van der Waals surface area contributed by atoms with Crippen LogP contribution in [-0.4, -0.2) is 18.3 Å². The van der Waals surface area contributed by atoms with E-state index in [0.29, 0.717) is 8.08 Å². The van der Waals surface area contributed by atoms with E-state index in [1.54, 1.807) is 0 Å². The van der Waals surface area contributed by atoms with Crippen molar-refractivity contribution < 1.29 is 0 Å². The molecule has 0 aromatic rings. The monoisotopic (exact) mass is 125 g/mol. The van der Waals surface area contributed by atoms with Crippen LogP contribution in [0.1, 0.15) is 6.92 Å². The van der Waals surface area contributed by atoms with Crippen LogP contribution in [0.5, 0.6) is 0 Å². The highest BCUT2D eigenvalue weighted by Gasteiger charge is 1.83. The second kappa shape index (κ2) is 3.86. The lowest BCUT2D eigenvalue weighted by Crippen LogP contribution is -2.01. The molecule has 0 N–H and O–H groups in total. The van der Waals surface area contributed by atoms with E-state index in [2.05, 4.69) is 6.92 Å². The van der Waals surface area contributed by atoms with Crippen molar-refractivity contribution in [3.8, 4) is 0 Å². The summed E-state index contributed by atoms with van der Waals surface area (Å²) in [6, 6.07) is 0. The van der Waals surface area contributed by atoms with Gasteiger partial charge in [0.2, 0.25) is 0 Å². The molecule has 0 aliphatic rings. The Balaban J connectivity index is 2.75. The normalized spacial score (nSPS) is 12.0. The summed E-state index contributed by atoms with van der Waals surface area (Å²) in [5.41, 5.74) is 0. The predicted octanol–water partition coefficient (Wildman–Crippen LogP) is 1.69. The number of nitrogens with zero attached hydrogens (tertiary/aromatic N) is 1. The minimum absolute atomic E-state index is 0.437. The summed E-state index contributed by atoms with van der Waals surface area (Å²) in [6.07, 6.45) is 0. The second-order valence-electron chi connectivity index (χ2n) is 1.10. The first-order valence-electron chi connectivity index (χ1n) is 1.88. The summed E-state index contributed by atoms with van der Waals surface area (Å²) in [5, 5.41) is 0. The first kappa shape index (κ1) is 6.68. The van der Waals surface area contributed by atoms with E-state index in [1.807, 2.05) is 11.7 Å². The van der Waals surface area contributed by atoms with Crippen LogP contribution in [0.15, 0.2) is 0 Å². The standard InChI is InChI=1S/C3H9ClNP/c1-3-5(2)6-4/h6H,3H2,1-2H3. The molecule has 38 valence electrons. The van der Waals surface area contributed by atoms with Gasteiger partial charge in [0, 0.05) is 8.08 Å². The van der Waals surface area contributed by atoms with Gasteiger partial charge < -0.3 is 0 Å². The zero-order valence-electron chi connectivity index (χ0n) is 4.03. The Kier molecular flexibility index (Phi) is 4.29. The van der Waals surface area contributed by atoms with Gasteiger partial charge in [0.25, 0.3) is 0 Å². The zero-order chi connectivity index (χ0) is 4.99. The third kappa shape index (κ3) is 2.89. The maximum absolute atomic E-state index is 5.41. The van der Waals surface area contributed by atoms with Crippen molar-refractivity contribution in [2.24, 2.45) is 0 Å². The van der Waals surface area contributed by atoms with Crippen molar-refractivity contribution in [2.45, 2.75) is 6.92 Å². The Labute approximate surface area is 45.3 Å². The molecule has 6 heavy (non-hydrogen) atoms. The van der Waals surface area contributed by atoms with Gasteiger partial charge in [0.1, 0.15) is 0 Å². The SMILES string of the molecule is CCN(C)PCl. The van der Waals surface area contributed by atoms with E-state index in [4.69, 9.17) is 11.2 Å². The number of halogens is 1. The van der Waals surface area contributed by atoms with Crippen LogP contribution in [0.25, 0.3) is 0 Å². The average molecular weight is 126 g/mol. The van der Waals surface area contributed by atoms with E-state index in [0.717, 1.165) is 6.54 Å². The summed E-state index contributed by atoms with van der Waals surface area (Å²) in [4.78, 5) is 0. The van der Waals surface area contributed by atoms with Crippen LogP contribution in [0.4, 0.5) is 0 Å². The molecule has 0 saturated heterocycles. The van der Waals surface area contributed by atoms with Gasteiger partial charge >= 0.3 is 0 Å². The van der Waals surface area contributed by atoms with Crippen molar-refractivity contribution >= 4 is 19.3 Å². The van der Waals surface area contributed by atoms with Gasteiger partial charge in [-0.1, -0.05) is 18.2 Å². The molecule has 1 nitrogen and oxygen atoms in total. The minimum Gasteiger partial charge on any atom is -0.275 e. The number of hydrogen-bond donors (Lipinski definition) is 0. The Bertz CT molecular complexity index is 30.0. The topological polar surface area (TPSA) is 3.24 Å². The first-order valence-corrected chi connectivity index (χ1v) is 3.84. The van der Waals surface area contributed by atoms with Gasteiger partial charge in [-0.25, -0.2) is 0 Å². The van der Waals surface area contributed by atoms with Crippen LogP contribution in [0.3, 0.4) is 0 Å². The van der Waals surface area contributed by atoms with Crippen LogP contribution < -0.4 is 0 Å². The Hall–Kier alpha value is 0.680. The Morgan fingerprint density at radius 1 is 1.83 bits per heavy atom. The van der Waals surface area contributed by atoms with Crippen molar-refractivity contribution in [1.82, 2.24) is 4.67 Å². The average Bonchev–Trinajstić information content (AvgIpc) is 1.65. The molecule has 1 unspecified atom stereocenters. The molecular weight excluding hydrogens is 116 g/mol.